The minimum absolute atomic E-state index is 0.0397. The topological polar surface area (TPSA) is 72.5 Å². The molecule has 0 saturated heterocycles. The van der Waals surface area contributed by atoms with Crippen LogP contribution in [0, 0.1) is 24.0 Å². The number of aromatic nitrogens is 2. The van der Waals surface area contributed by atoms with Gasteiger partial charge in [-0.25, -0.2) is 0 Å². The summed E-state index contributed by atoms with van der Waals surface area (Å²) in [5.41, 5.74) is 2.93. The summed E-state index contributed by atoms with van der Waals surface area (Å²) in [7, 11) is 0. The second-order valence-corrected chi connectivity index (χ2v) is 5.41. The van der Waals surface area contributed by atoms with Crippen molar-refractivity contribution in [2.75, 3.05) is 5.32 Å². The van der Waals surface area contributed by atoms with Crippen molar-refractivity contribution in [3.63, 3.8) is 0 Å². The highest BCUT2D eigenvalue weighted by Crippen LogP contribution is 2.31. The number of nitrogens with one attached hydrogen (secondary N) is 1. The Bertz CT molecular complexity index is 806. The lowest BCUT2D eigenvalue weighted by Crippen LogP contribution is -1.99. The van der Waals surface area contributed by atoms with Gasteiger partial charge in [0.25, 0.3) is 4.96 Å². The molecule has 0 unspecified atom stereocenters. The molecule has 0 bridgehead atoms. The highest BCUT2D eigenvalue weighted by Gasteiger charge is 2.23. The van der Waals surface area contributed by atoms with Crippen molar-refractivity contribution in [3.05, 3.63) is 51.0 Å². The lowest BCUT2D eigenvalue weighted by Gasteiger charge is -2.08. The third kappa shape index (κ3) is 2.01. The summed E-state index contributed by atoms with van der Waals surface area (Å²) in [4.78, 5) is 15.7. The fraction of sp³-hybridized carbons (Fsp3) is 0.154. The van der Waals surface area contributed by atoms with Crippen LogP contribution < -0.4 is 5.32 Å². The fourth-order valence-corrected chi connectivity index (χ4v) is 2.74. The lowest BCUT2D eigenvalue weighted by molar-refractivity contribution is -0.389. The Morgan fingerprint density at radius 3 is 2.95 bits per heavy atom. The van der Waals surface area contributed by atoms with Crippen molar-refractivity contribution >= 4 is 33.6 Å². The van der Waals surface area contributed by atoms with E-state index in [-0.39, 0.29) is 11.6 Å². The first-order valence-corrected chi connectivity index (χ1v) is 6.88. The van der Waals surface area contributed by atoms with Gasteiger partial charge in [-0.15, -0.1) is 0 Å². The van der Waals surface area contributed by atoms with Gasteiger partial charge in [-0.1, -0.05) is 23.5 Å². The maximum atomic E-state index is 11.2. The van der Waals surface area contributed by atoms with Crippen LogP contribution in [0.25, 0.3) is 4.96 Å². The zero-order valence-corrected chi connectivity index (χ0v) is 11.8. The molecule has 0 saturated carbocycles. The SMILES string of the molecule is Cc1ccc(C)c(Nc2nc3sccn3c2[N+](=O)[O-])c1. The summed E-state index contributed by atoms with van der Waals surface area (Å²) < 4.78 is 1.48. The molecule has 1 aromatic carbocycles. The van der Waals surface area contributed by atoms with E-state index in [1.807, 2.05) is 32.0 Å². The van der Waals surface area contributed by atoms with Crippen LogP contribution in [0.15, 0.2) is 29.8 Å². The molecule has 20 heavy (non-hydrogen) atoms. The van der Waals surface area contributed by atoms with Crippen LogP contribution in [0.4, 0.5) is 17.3 Å². The van der Waals surface area contributed by atoms with Gasteiger partial charge in [0, 0.05) is 11.1 Å². The molecule has 102 valence electrons. The third-order valence-electron chi connectivity index (χ3n) is 3.06. The molecule has 0 amide bonds. The largest absolute Gasteiger partial charge is 0.373 e. The minimum atomic E-state index is -0.416. The molecule has 0 spiro atoms. The Morgan fingerprint density at radius 1 is 1.40 bits per heavy atom. The molecule has 2 heterocycles. The molecule has 0 atom stereocenters. The molecule has 2 aromatic heterocycles. The van der Waals surface area contributed by atoms with E-state index < -0.39 is 4.92 Å². The molecular formula is C13H12N4O2S. The molecule has 3 aromatic rings. The standard InChI is InChI=1S/C13H12N4O2S/c1-8-3-4-9(2)10(7-8)14-11-12(17(18)19)16-5-6-20-13(16)15-11/h3-7,14H,1-2H3. The van der Waals surface area contributed by atoms with E-state index >= 15 is 0 Å². The van der Waals surface area contributed by atoms with Gasteiger partial charge in [0.05, 0.1) is 0 Å². The number of hydrogen-bond acceptors (Lipinski definition) is 5. The van der Waals surface area contributed by atoms with Crippen molar-refractivity contribution in [3.8, 4) is 0 Å². The molecular weight excluding hydrogens is 276 g/mol. The summed E-state index contributed by atoms with van der Waals surface area (Å²) in [6, 6.07) is 5.93. The number of thiazole rings is 1. The molecule has 0 aliphatic carbocycles. The van der Waals surface area contributed by atoms with E-state index in [0.717, 1.165) is 16.8 Å². The lowest BCUT2D eigenvalue weighted by atomic mass is 10.1. The van der Waals surface area contributed by atoms with E-state index in [1.165, 1.54) is 15.7 Å². The van der Waals surface area contributed by atoms with E-state index in [1.54, 1.807) is 11.6 Å². The number of hydrogen-bond donors (Lipinski definition) is 1. The Kier molecular flexibility index (Phi) is 2.90. The number of imidazole rings is 1. The zero-order chi connectivity index (χ0) is 14.3. The Labute approximate surface area is 118 Å². The van der Waals surface area contributed by atoms with Gasteiger partial charge >= 0.3 is 5.82 Å². The molecule has 1 N–H and O–H groups in total. The highest BCUT2D eigenvalue weighted by atomic mass is 32.1. The minimum Gasteiger partial charge on any atom is -0.358 e. The molecule has 0 aliphatic rings. The predicted octanol–water partition coefficient (Wildman–Crippen LogP) is 3.66. The van der Waals surface area contributed by atoms with Crippen molar-refractivity contribution in [1.29, 1.82) is 0 Å². The molecule has 7 heteroatoms. The molecule has 0 aliphatic heterocycles. The van der Waals surface area contributed by atoms with Crippen LogP contribution in [0.2, 0.25) is 0 Å². The fourth-order valence-electron chi connectivity index (χ4n) is 2.03. The summed E-state index contributed by atoms with van der Waals surface area (Å²) in [5.74, 6) is 0.234. The normalized spacial score (nSPS) is 10.9. The first kappa shape index (κ1) is 12.6. The molecule has 6 nitrogen and oxygen atoms in total. The van der Waals surface area contributed by atoms with Crippen molar-refractivity contribution < 1.29 is 4.92 Å². The van der Waals surface area contributed by atoms with Gasteiger partial charge in [-0.2, -0.15) is 9.38 Å². The van der Waals surface area contributed by atoms with Crippen LogP contribution in [-0.2, 0) is 0 Å². The summed E-state index contributed by atoms with van der Waals surface area (Å²) >= 11 is 1.37. The number of aryl methyl sites for hydroxylation is 2. The average molecular weight is 288 g/mol. The highest BCUT2D eigenvalue weighted by molar-refractivity contribution is 7.15. The van der Waals surface area contributed by atoms with E-state index in [9.17, 15) is 10.1 Å². The number of nitro groups is 1. The van der Waals surface area contributed by atoms with Gasteiger partial charge in [-0.05, 0) is 36.0 Å². The predicted molar refractivity (Wildman–Crippen MR) is 78.9 cm³/mol. The maximum absolute atomic E-state index is 11.2. The maximum Gasteiger partial charge on any atom is 0.373 e. The van der Waals surface area contributed by atoms with Gasteiger partial charge in [0.2, 0.25) is 5.82 Å². The smallest absolute Gasteiger partial charge is 0.358 e. The van der Waals surface area contributed by atoms with Gasteiger partial charge in [0.1, 0.15) is 6.20 Å². The number of rotatable bonds is 3. The quantitative estimate of drug-likeness (QED) is 0.589. The molecule has 3 rings (SSSR count). The number of fused-ring (bicyclic) bond motifs is 1. The number of anilines is 2. The summed E-state index contributed by atoms with van der Waals surface area (Å²) in [6.07, 6.45) is 1.65. The number of nitrogens with zero attached hydrogens (tertiary/aromatic N) is 3. The zero-order valence-electron chi connectivity index (χ0n) is 11.0. The average Bonchev–Trinajstić information content (AvgIpc) is 2.93. The van der Waals surface area contributed by atoms with Gasteiger partial charge in [0.15, 0.2) is 0 Å². The number of benzene rings is 1. The van der Waals surface area contributed by atoms with Crippen molar-refractivity contribution in [1.82, 2.24) is 9.38 Å². The van der Waals surface area contributed by atoms with Gasteiger partial charge in [-0.3, -0.25) is 0 Å². The van der Waals surface area contributed by atoms with Crippen LogP contribution in [-0.4, -0.2) is 14.3 Å². The molecule has 0 fully saturated rings. The monoisotopic (exact) mass is 288 g/mol. The van der Waals surface area contributed by atoms with Crippen LogP contribution in [0.3, 0.4) is 0 Å². The van der Waals surface area contributed by atoms with Crippen LogP contribution in [0.1, 0.15) is 11.1 Å². The third-order valence-corrected chi connectivity index (χ3v) is 3.81. The molecule has 0 radical (unpaired) electrons. The first-order chi connectivity index (χ1) is 9.56. The second kappa shape index (κ2) is 4.61. The van der Waals surface area contributed by atoms with Crippen LogP contribution >= 0.6 is 11.3 Å². The van der Waals surface area contributed by atoms with E-state index in [0.29, 0.717) is 4.96 Å². The van der Waals surface area contributed by atoms with Crippen molar-refractivity contribution in [2.24, 2.45) is 0 Å². The Morgan fingerprint density at radius 2 is 2.20 bits per heavy atom. The van der Waals surface area contributed by atoms with Crippen LogP contribution in [0.5, 0.6) is 0 Å². The second-order valence-electron chi connectivity index (χ2n) is 4.54. The summed E-state index contributed by atoms with van der Waals surface area (Å²) in [6.45, 7) is 3.93. The first-order valence-electron chi connectivity index (χ1n) is 6.00. The van der Waals surface area contributed by atoms with E-state index in [4.69, 9.17) is 0 Å². The Hall–Kier alpha value is -2.41. The van der Waals surface area contributed by atoms with E-state index in [2.05, 4.69) is 10.3 Å². The summed E-state index contributed by atoms with van der Waals surface area (Å²) in [5, 5.41) is 16.1. The van der Waals surface area contributed by atoms with Gasteiger partial charge < -0.3 is 15.4 Å². The Balaban J connectivity index is 2.10. The van der Waals surface area contributed by atoms with Crippen molar-refractivity contribution in [2.45, 2.75) is 13.8 Å².